The maximum absolute atomic E-state index is 11.6. The molecule has 1 rings (SSSR count). The Morgan fingerprint density at radius 1 is 1.31 bits per heavy atom. The third-order valence-corrected chi connectivity index (χ3v) is 3.50. The molecule has 0 bridgehead atoms. The van der Waals surface area contributed by atoms with Gasteiger partial charge in [0, 0.05) is 7.11 Å². The Balaban J connectivity index is 2.86. The van der Waals surface area contributed by atoms with E-state index in [1.165, 1.54) is 25.3 Å². The van der Waals surface area contributed by atoms with Crippen molar-refractivity contribution in [3.05, 3.63) is 28.2 Å². The zero-order valence-corrected chi connectivity index (χ0v) is 10.6. The first kappa shape index (κ1) is 13.7. The van der Waals surface area contributed by atoms with Crippen molar-refractivity contribution in [2.24, 2.45) is 0 Å². The monoisotopic (exact) mass is 285 g/mol. The molecule has 90 valence electrons. The highest BCUT2D eigenvalue weighted by Gasteiger charge is 2.15. The average Bonchev–Trinajstić information content (AvgIpc) is 2.22. The van der Waals surface area contributed by atoms with Crippen molar-refractivity contribution in [3.63, 3.8) is 0 Å². The van der Waals surface area contributed by atoms with Crippen LogP contribution in [0.25, 0.3) is 0 Å². The lowest BCUT2D eigenvalue weighted by molar-refractivity contribution is -0.0540. The SMILES string of the molecule is COCONS(=O)(=O)c1ccc(Cl)c(Cl)c1. The van der Waals surface area contributed by atoms with E-state index < -0.39 is 10.0 Å². The third-order valence-electron chi connectivity index (χ3n) is 1.55. The first-order chi connectivity index (χ1) is 7.47. The van der Waals surface area contributed by atoms with Crippen molar-refractivity contribution in [1.82, 2.24) is 4.89 Å². The van der Waals surface area contributed by atoms with E-state index >= 15 is 0 Å². The van der Waals surface area contributed by atoms with Gasteiger partial charge in [-0.05, 0) is 18.2 Å². The van der Waals surface area contributed by atoms with E-state index in [0.29, 0.717) is 0 Å². The topological polar surface area (TPSA) is 64.6 Å². The van der Waals surface area contributed by atoms with Crippen LogP contribution in [0.5, 0.6) is 0 Å². The van der Waals surface area contributed by atoms with Gasteiger partial charge in [0.2, 0.25) is 0 Å². The lowest BCUT2D eigenvalue weighted by Crippen LogP contribution is -2.25. The molecule has 0 radical (unpaired) electrons. The van der Waals surface area contributed by atoms with Crippen LogP contribution in [0.3, 0.4) is 0 Å². The molecule has 5 nitrogen and oxygen atoms in total. The predicted octanol–water partition coefficient (Wildman–Crippen LogP) is 1.81. The predicted molar refractivity (Wildman–Crippen MR) is 59.7 cm³/mol. The maximum Gasteiger partial charge on any atom is 0.262 e. The molecule has 0 saturated carbocycles. The molecule has 1 aromatic rings. The standard InChI is InChI=1S/C8H9Cl2NO4S/c1-14-5-15-11-16(12,13)6-2-3-7(9)8(10)4-6/h2-4,11H,5H2,1H3. The van der Waals surface area contributed by atoms with Gasteiger partial charge in [-0.3, -0.25) is 4.84 Å². The smallest absolute Gasteiger partial charge is 0.262 e. The Morgan fingerprint density at radius 3 is 2.56 bits per heavy atom. The molecule has 0 atom stereocenters. The average molecular weight is 286 g/mol. The zero-order valence-electron chi connectivity index (χ0n) is 8.24. The van der Waals surface area contributed by atoms with Crippen LogP contribution in [-0.4, -0.2) is 22.3 Å². The van der Waals surface area contributed by atoms with E-state index in [2.05, 4.69) is 9.57 Å². The Bertz CT molecular complexity index is 463. The van der Waals surface area contributed by atoms with E-state index in [-0.39, 0.29) is 21.7 Å². The van der Waals surface area contributed by atoms with Crippen LogP contribution in [-0.2, 0) is 19.6 Å². The summed E-state index contributed by atoms with van der Waals surface area (Å²) in [5.74, 6) is 0. The Morgan fingerprint density at radius 2 is 2.00 bits per heavy atom. The van der Waals surface area contributed by atoms with Crippen LogP contribution in [0.2, 0.25) is 10.0 Å². The number of methoxy groups -OCH3 is 1. The number of hydrogen-bond acceptors (Lipinski definition) is 4. The first-order valence-electron chi connectivity index (χ1n) is 4.05. The van der Waals surface area contributed by atoms with Gasteiger partial charge in [-0.25, -0.2) is 8.42 Å². The van der Waals surface area contributed by atoms with Gasteiger partial charge in [0.1, 0.15) is 0 Å². The summed E-state index contributed by atoms with van der Waals surface area (Å²) in [5, 5.41) is 0.426. The number of hydrogen-bond donors (Lipinski definition) is 1. The summed E-state index contributed by atoms with van der Waals surface area (Å²) in [7, 11) is -2.40. The molecule has 0 aliphatic rings. The first-order valence-corrected chi connectivity index (χ1v) is 6.29. The van der Waals surface area contributed by atoms with Gasteiger partial charge in [-0.2, -0.15) is 0 Å². The van der Waals surface area contributed by atoms with Crippen molar-refractivity contribution in [2.75, 3.05) is 13.9 Å². The summed E-state index contributed by atoms with van der Waals surface area (Å²) in [5.41, 5.74) is 0. The van der Waals surface area contributed by atoms with E-state index in [1.54, 1.807) is 0 Å². The molecule has 0 aliphatic heterocycles. The molecule has 0 amide bonds. The van der Waals surface area contributed by atoms with Gasteiger partial charge in [-0.15, -0.1) is 0 Å². The van der Waals surface area contributed by atoms with Gasteiger partial charge in [-0.1, -0.05) is 28.1 Å². The lowest BCUT2D eigenvalue weighted by atomic mass is 10.4. The molecule has 0 heterocycles. The Labute approximate surface area is 103 Å². The van der Waals surface area contributed by atoms with Gasteiger partial charge in [0.05, 0.1) is 14.9 Å². The highest BCUT2D eigenvalue weighted by molar-refractivity contribution is 7.89. The second kappa shape index (κ2) is 5.81. The molecule has 16 heavy (non-hydrogen) atoms. The van der Waals surface area contributed by atoms with Crippen LogP contribution < -0.4 is 4.89 Å². The van der Waals surface area contributed by atoms with Gasteiger partial charge < -0.3 is 4.74 Å². The number of ether oxygens (including phenoxy) is 1. The Kier molecular flexibility index (Phi) is 4.97. The second-order valence-corrected chi connectivity index (χ2v) is 5.17. The quantitative estimate of drug-likeness (QED) is 0.509. The molecule has 0 fully saturated rings. The van der Waals surface area contributed by atoms with Gasteiger partial charge in [0.25, 0.3) is 10.0 Å². The van der Waals surface area contributed by atoms with Crippen molar-refractivity contribution in [2.45, 2.75) is 4.90 Å². The minimum absolute atomic E-state index is 0.0435. The third kappa shape index (κ3) is 3.58. The van der Waals surface area contributed by atoms with Crippen molar-refractivity contribution < 1.29 is 18.0 Å². The molecular formula is C8H9Cl2NO4S. The molecule has 8 heteroatoms. The van der Waals surface area contributed by atoms with Crippen molar-refractivity contribution in [1.29, 1.82) is 0 Å². The van der Waals surface area contributed by atoms with Crippen LogP contribution in [0.4, 0.5) is 0 Å². The summed E-state index contributed by atoms with van der Waals surface area (Å²) in [4.78, 5) is 6.36. The Hall–Kier alpha value is -0.370. The fourth-order valence-electron chi connectivity index (χ4n) is 0.853. The van der Waals surface area contributed by atoms with E-state index in [9.17, 15) is 8.42 Å². The summed E-state index contributed by atoms with van der Waals surface area (Å²) < 4.78 is 27.7. The number of halogens is 2. The molecular weight excluding hydrogens is 277 g/mol. The van der Waals surface area contributed by atoms with Gasteiger partial charge >= 0.3 is 0 Å². The summed E-state index contributed by atoms with van der Waals surface area (Å²) in [6.45, 7) is -0.194. The summed E-state index contributed by atoms with van der Waals surface area (Å²) >= 11 is 11.4. The highest BCUT2D eigenvalue weighted by Crippen LogP contribution is 2.24. The van der Waals surface area contributed by atoms with Crippen LogP contribution >= 0.6 is 23.2 Å². The molecule has 0 spiro atoms. The summed E-state index contributed by atoms with van der Waals surface area (Å²) in [6, 6.07) is 3.92. The summed E-state index contributed by atoms with van der Waals surface area (Å²) in [6.07, 6.45) is 0. The number of rotatable bonds is 5. The van der Waals surface area contributed by atoms with Gasteiger partial charge in [0.15, 0.2) is 6.79 Å². The minimum atomic E-state index is -3.77. The largest absolute Gasteiger partial charge is 0.357 e. The minimum Gasteiger partial charge on any atom is -0.357 e. The fourth-order valence-corrected chi connectivity index (χ4v) is 2.04. The molecule has 1 N–H and O–H groups in total. The zero-order chi connectivity index (χ0) is 12.2. The highest BCUT2D eigenvalue weighted by atomic mass is 35.5. The number of sulfonamides is 1. The van der Waals surface area contributed by atoms with E-state index in [4.69, 9.17) is 23.2 Å². The molecule has 1 aromatic carbocycles. The fraction of sp³-hybridized carbons (Fsp3) is 0.250. The second-order valence-electron chi connectivity index (χ2n) is 2.71. The van der Waals surface area contributed by atoms with E-state index in [1.807, 2.05) is 4.89 Å². The number of nitrogens with one attached hydrogen (secondary N) is 1. The normalized spacial score (nSPS) is 11.7. The van der Waals surface area contributed by atoms with Crippen LogP contribution in [0, 0.1) is 0 Å². The lowest BCUT2D eigenvalue weighted by Gasteiger charge is -2.06. The van der Waals surface area contributed by atoms with Crippen molar-refractivity contribution >= 4 is 33.2 Å². The molecule has 0 saturated heterocycles. The van der Waals surface area contributed by atoms with Crippen LogP contribution in [0.15, 0.2) is 23.1 Å². The maximum atomic E-state index is 11.6. The van der Waals surface area contributed by atoms with E-state index in [0.717, 1.165) is 0 Å². The van der Waals surface area contributed by atoms with Crippen LogP contribution in [0.1, 0.15) is 0 Å². The molecule has 0 aromatic heterocycles. The number of benzene rings is 1. The molecule has 0 unspecified atom stereocenters. The molecule has 0 aliphatic carbocycles. The van der Waals surface area contributed by atoms with Crippen molar-refractivity contribution in [3.8, 4) is 0 Å².